The average Bonchev–Trinajstić information content (AvgIpc) is 2.82. The average molecular weight is 300 g/mol. The van der Waals surface area contributed by atoms with E-state index in [1.165, 1.54) is 18.6 Å². The molecule has 0 aromatic heterocycles. The Kier molecular flexibility index (Phi) is 4.19. The van der Waals surface area contributed by atoms with Gasteiger partial charge in [0, 0.05) is 17.0 Å². The number of nitrogens with one attached hydrogen (secondary N) is 1. The van der Waals surface area contributed by atoms with Crippen molar-refractivity contribution in [1.29, 1.82) is 5.26 Å². The van der Waals surface area contributed by atoms with Gasteiger partial charge < -0.3 is 5.32 Å². The molecule has 0 amide bonds. The van der Waals surface area contributed by atoms with Gasteiger partial charge in [0.1, 0.15) is 0 Å². The number of hydrogen-bond donors (Lipinski definition) is 1. The van der Waals surface area contributed by atoms with Crippen LogP contribution in [0.1, 0.15) is 30.9 Å². The van der Waals surface area contributed by atoms with Crippen LogP contribution in [0.25, 0.3) is 0 Å². The summed E-state index contributed by atoms with van der Waals surface area (Å²) in [7, 11) is 0. The van der Waals surface area contributed by atoms with Crippen molar-refractivity contribution in [2.24, 2.45) is 0 Å². The molecule has 1 unspecified atom stereocenters. The normalized spacial score (nSPS) is 22.6. The topological polar surface area (TPSA) is 35.8 Å². The Morgan fingerprint density at radius 3 is 2.75 bits per heavy atom. The third-order valence-corrected chi connectivity index (χ3v) is 4.95. The maximum absolute atomic E-state index is 12.7. The molecule has 0 radical (unpaired) electrons. The molecular weight excluding hydrogens is 285 g/mol. The van der Waals surface area contributed by atoms with Crippen LogP contribution >= 0.6 is 11.8 Å². The van der Waals surface area contributed by atoms with Crippen molar-refractivity contribution in [2.75, 3.05) is 17.6 Å². The molecule has 1 aliphatic heterocycles. The fourth-order valence-corrected chi connectivity index (χ4v) is 3.50. The molecular formula is C14H15F3N2S. The number of halogens is 3. The molecule has 0 aliphatic carbocycles. The van der Waals surface area contributed by atoms with Crippen LogP contribution in [0.2, 0.25) is 0 Å². The molecule has 1 saturated heterocycles. The van der Waals surface area contributed by atoms with Crippen molar-refractivity contribution >= 4 is 17.4 Å². The van der Waals surface area contributed by atoms with Crippen LogP contribution in [0.15, 0.2) is 18.2 Å². The molecule has 2 nitrogen and oxygen atoms in total. The number of nitrogens with zero attached hydrogens (tertiary/aromatic N) is 1. The first-order chi connectivity index (χ1) is 9.34. The van der Waals surface area contributed by atoms with Crippen LogP contribution in [-0.2, 0) is 6.18 Å². The summed E-state index contributed by atoms with van der Waals surface area (Å²) in [6.45, 7) is 2.83. The van der Waals surface area contributed by atoms with E-state index in [2.05, 4.69) is 12.2 Å². The van der Waals surface area contributed by atoms with E-state index in [4.69, 9.17) is 5.26 Å². The maximum Gasteiger partial charge on any atom is 0.417 e. The third kappa shape index (κ3) is 3.40. The van der Waals surface area contributed by atoms with Gasteiger partial charge in [-0.2, -0.15) is 30.2 Å². The molecule has 1 atom stereocenters. The lowest BCUT2D eigenvalue weighted by Crippen LogP contribution is -2.27. The number of alkyl halides is 3. The van der Waals surface area contributed by atoms with Gasteiger partial charge in [0.25, 0.3) is 0 Å². The molecule has 108 valence electrons. The predicted molar refractivity (Wildman–Crippen MR) is 74.7 cm³/mol. The zero-order valence-electron chi connectivity index (χ0n) is 11.0. The van der Waals surface area contributed by atoms with Crippen molar-refractivity contribution in [3.05, 3.63) is 29.3 Å². The number of hydrogen-bond acceptors (Lipinski definition) is 3. The van der Waals surface area contributed by atoms with Crippen molar-refractivity contribution in [3.8, 4) is 6.07 Å². The molecule has 1 aromatic carbocycles. The van der Waals surface area contributed by atoms with E-state index in [0.717, 1.165) is 18.2 Å². The molecule has 2 rings (SSSR count). The van der Waals surface area contributed by atoms with Crippen molar-refractivity contribution < 1.29 is 13.2 Å². The second-order valence-electron chi connectivity index (χ2n) is 5.13. The van der Waals surface area contributed by atoms with E-state index in [0.29, 0.717) is 12.2 Å². The van der Waals surface area contributed by atoms with Gasteiger partial charge in [-0.15, -0.1) is 0 Å². The molecule has 1 aliphatic rings. The summed E-state index contributed by atoms with van der Waals surface area (Å²) < 4.78 is 38.2. The van der Waals surface area contributed by atoms with Crippen LogP contribution in [-0.4, -0.2) is 17.0 Å². The van der Waals surface area contributed by atoms with Crippen molar-refractivity contribution in [2.45, 2.75) is 30.7 Å². The predicted octanol–water partition coefficient (Wildman–Crippen LogP) is 4.27. The number of thioether (sulfide) groups is 1. The van der Waals surface area contributed by atoms with Gasteiger partial charge in [-0.3, -0.25) is 0 Å². The summed E-state index contributed by atoms with van der Waals surface area (Å²) in [6, 6.07) is 5.23. The van der Waals surface area contributed by atoms with Gasteiger partial charge in [-0.25, -0.2) is 0 Å². The minimum absolute atomic E-state index is 0.121. The van der Waals surface area contributed by atoms with Crippen LogP contribution in [0.3, 0.4) is 0 Å². The molecule has 0 saturated carbocycles. The van der Waals surface area contributed by atoms with Gasteiger partial charge in [0.15, 0.2) is 0 Å². The number of anilines is 1. The Hall–Kier alpha value is -1.35. The lowest BCUT2D eigenvalue weighted by molar-refractivity contribution is -0.137. The van der Waals surface area contributed by atoms with E-state index in [1.807, 2.05) is 11.8 Å². The molecule has 6 heteroatoms. The highest BCUT2D eigenvalue weighted by Crippen LogP contribution is 2.38. The highest BCUT2D eigenvalue weighted by atomic mass is 32.2. The molecule has 1 aromatic rings. The minimum Gasteiger partial charge on any atom is -0.384 e. The zero-order valence-corrected chi connectivity index (χ0v) is 11.9. The van der Waals surface area contributed by atoms with Crippen molar-refractivity contribution in [1.82, 2.24) is 0 Å². The second-order valence-corrected chi connectivity index (χ2v) is 6.81. The van der Waals surface area contributed by atoms with Gasteiger partial charge in [0.05, 0.1) is 17.2 Å². The van der Waals surface area contributed by atoms with E-state index in [1.54, 1.807) is 6.07 Å². The summed E-state index contributed by atoms with van der Waals surface area (Å²) in [4.78, 5) is 0. The maximum atomic E-state index is 12.7. The van der Waals surface area contributed by atoms with Gasteiger partial charge in [-0.1, -0.05) is 0 Å². The molecule has 0 spiro atoms. The number of benzene rings is 1. The van der Waals surface area contributed by atoms with Crippen LogP contribution in [0, 0.1) is 11.3 Å². The smallest absolute Gasteiger partial charge is 0.384 e. The van der Waals surface area contributed by atoms with E-state index >= 15 is 0 Å². The summed E-state index contributed by atoms with van der Waals surface area (Å²) in [5.74, 6) is 1.12. The van der Waals surface area contributed by atoms with Crippen LogP contribution < -0.4 is 5.32 Å². The zero-order chi connectivity index (χ0) is 14.8. The Bertz CT molecular complexity index is 528. The van der Waals surface area contributed by atoms with E-state index < -0.39 is 11.7 Å². The minimum atomic E-state index is -4.49. The Morgan fingerprint density at radius 2 is 2.20 bits per heavy atom. The fourth-order valence-electron chi connectivity index (χ4n) is 2.26. The Morgan fingerprint density at radius 1 is 1.45 bits per heavy atom. The van der Waals surface area contributed by atoms with Gasteiger partial charge >= 0.3 is 6.18 Å². The second kappa shape index (κ2) is 5.57. The van der Waals surface area contributed by atoms with Crippen LogP contribution in [0.5, 0.6) is 0 Å². The van der Waals surface area contributed by atoms with Crippen LogP contribution in [0.4, 0.5) is 18.9 Å². The van der Waals surface area contributed by atoms with Crippen molar-refractivity contribution in [3.63, 3.8) is 0 Å². The summed E-state index contributed by atoms with van der Waals surface area (Å²) in [6.07, 6.45) is -2.23. The van der Waals surface area contributed by atoms with Gasteiger partial charge in [-0.05, 0) is 43.7 Å². The summed E-state index contributed by atoms with van der Waals surface area (Å²) in [5.41, 5.74) is -0.665. The standard InChI is InChI=1S/C14H15F3N2S/c1-13(5-2-6-20-13)9-19-11-3-4-12(14(15,16)17)10(7-11)8-18/h3-4,7,19H,2,5-6,9H2,1H3. The summed E-state index contributed by atoms with van der Waals surface area (Å²) in [5, 5.41) is 12.0. The third-order valence-electron chi connectivity index (χ3n) is 3.41. The molecule has 1 N–H and O–H groups in total. The molecule has 1 heterocycles. The molecule has 1 fully saturated rings. The van der Waals surface area contributed by atoms with E-state index in [9.17, 15) is 13.2 Å². The summed E-state index contributed by atoms with van der Waals surface area (Å²) >= 11 is 1.87. The van der Waals surface area contributed by atoms with Gasteiger partial charge in [0.2, 0.25) is 0 Å². The first kappa shape index (κ1) is 15.0. The number of nitriles is 1. The SMILES string of the molecule is CC1(CNc2ccc(C(F)(F)F)c(C#N)c2)CCCS1. The first-order valence-electron chi connectivity index (χ1n) is 6.33. The molecule has 20 heavy (non-hydrogen) atoms. The first-order valence-corrected chi connectivity index (χ1v) is 7.32. The largest absolute Gasteiger partial charge is 0.417 e. The Balaban J connectivity index is 2.12. The highest BCUT2D eigenvalue weighted by Gasteiger charge is 2.34. The molecule has 0 bridgehead atoms. The lowest BCUT2D eigenvalue weighted by Gasteiger charge is -2.23. The van der Waals surface area contributed by atoms with E-state index in [-0.39, 0.29) is 10.3 Å². The lowest BCUT2D eigenvalue weighted by atomic mass is 10.0. The monoisotopic (exact) mass is 300 g/mol. The Labute approximate surface area is 120 Å². The highest BCUT2D eigenvalue weighted by molar-refractivity contribution is 8.00. The number of rotatable bonds is 3. The fraction of sp³-hybridized carbons (Fsp3) is 0.500. The quantitative estimate of drug-likeness (QED) is 0.905.